The van der Waals surface area contributed by atoms with Gasteiger partial charge in [-0.05, 0) is 54.4 Å². The minimum absolute atomic E-state index is 0.0540. The van der Waals surface area contributed by atoms with Crippen molar-refractivity contribution in [2.45, 2.75) is 25.0 Å². The first-order chi connectivity index (χ1) is 10.2. The summed E-state index contributed by atoms with van der Waals surface area (Å²) in [7, 11) is 0. The Bertz CT molecular complexity index is 709. The van der Waals surface area contributed by atoms with Crippen LogP contribution in [0.25, 0.3) is 10.9 Å². The number of hydrogen-bond acceptors (Lipinski definition) is 4. The Morgan fingerprint density at radius 2 is 2.24 bits per heavy atom. The molecule has 3 rings (SSSR count). The summed E-state index contributed by atoms with van der Waals surface area (Å²) in [6.45, 7) is 3.76. The van der Waals surface area contributed by atoms with Crippen LogP contribution in [0.5, 0.6) is 5.75 Å². The minimum Gasteiger partial charge on any atom is -0.508 e. The Morgan fingerprint density at radius 3 is 2.95 bits per heavy atom. The third-order valence-corrected chi connectivity index (χ3v) is 3.95. The highest BCUT2D eigenvalue weighted by Crippen LogP contribution is 2.30. The van der Waals surface area contributed by atoms with Crippen LogP contribution in [0.15, 0.2) is 54.9 Å². The largest absolute Gasteiger partial charge is 0.508 e. The standard InChI is InChI=1S/C17H18N2O2/c1-2-11-3-5-16(19-10-11)17(21)13-7-8-18-15-6-4-12(20)9-14(13)15/h2,4,6-10,16-17,19-21H,1,3,5H2. The number of nitrogens with one attached hydrogen (secondary N) is 1. The highest BCUT2D eigenvalue weighted by Gasteiger charge is 2.24. The molecule has 1 aliphatic rings. The number of hydrogen-bond donors (Lipinski definition) is 3. The third kappa shape index (κ3) is 2.62. The number of pyridine rings is 1. The van der Waals surface area contributed by atoms with Gasteiger partial charge in [-0.15, -0.1) is 0 Å². The normalized spacial score (nSPS) is 19.7. The van der Waals surface area contributed by atoms with Gasteiger partial charge >= 0.3 is 0 Å². The van der Waals surface area contributed by atoms with E-state index in [0.29, 0.717) is 0 Å². The fourth-order valence-corrected chi connectivity index (χ4v) is 2.73. The summed E-state index contributed by atoms with van der Waals surface area (Å²) >= 11 is 0. The van der Waals surface area contributed by atoms with Gasteiger partial charge in [0.15, 0.2) is 0 Å². The van der Waals surface area contributed by atoms with E-state index in [1.54, 1.807) is 30.5 Å². The van der Waals surface area contributed by atoms with Gasteiger partial charge in [0.25, 0.3) is 0 Å². The molecule has 4 nitrogen and oxygen atoms in total. The number of rotatable bonds is 3. The lowest BCUT2D eigenvalue weighted by molar-refractivity contribution is 0.129. The van der Waals surface area contributed by atoms with Gasteiger partial charge < -0.3 is 15.5 Å². The molecule has 0 spiro atoms. The molecule has 0 saturated carbocycles. The summed E-state index contributed by atoms with van der Waals surface area (Å²) in [5.41, 5.74) is 2.70. The molecule has 1 aromatic carbocycles. The Morgan fingerprint density at radius 1 is 1.38 bits per heavy atom. The number of aliphatic hydroxyl groups excluding tert-OH is 1. The second-order valence-electron chi connectivity index (χ2n) is 5.28. The number of aliphatic hydroxyl groups is 1. The lowest BCUT2D eigenvalue weighted by atomic mass is 9.92. The van der Waals surface area contributed by atoms with Gasteiger partial charge in [0, 0.05) is 11.6 Å². The molecule has 2 aromatic rings. The predicted octanol–water partition coefficient (Wildman–Crippen LogP) is 2.80. The van der Waals surface area contributed by atoms with E-state index in [1.807, 2.05) is 12.3 Å². The van der Waals surface area contributed by atoms with Gasteiger partial charge in [0.05, 0.1) is 17.7 Å². The summed E-state index contributed by atoms with van der Waals surface area (Å²) in [4.78, 5) is 4.27. The van der Waals surface area contributed by atoms with Crippen LogP contribution in [0.2, 0.25) is 0 Å². The molecule has 0 amide bonds. The van der Waals surface area contributed by atoms with Crippen LogP contribution in [-0.2, 0) is 0 Å². The molecule has 1 aromatic heterocycles. The van der Waals surface area contributed by atoms with Crippen molar-refractivity contribution >= 4 is 10.9 Å². The van der Waals surface area contributed by atoms with E-state index in [9.17, 15) is 10.2 Å². The molecule has 1 aliphatic heterocycles. The highest BCUT2D eigenvalue weighted by molar-refractivity contribution is 5.83. The number of aromatic nitrogens is 1. The smallest absolute Gasteiger partial charge is 0.116 e. The maximum Gasteiger partial charge on any atom is 0.116 e. The van der Waals surface area contributed by atoms with Crippen LogP contribution in [0, 0.1) is 0 Å². The number of nitrogens with zero attached hydrogens (tertiary/aromatic N) is 1. The molecule has 21 heavy (non-hydrogen) atoms. The fraction of sp³-hybridized carbons (Fsp3) is 0.235. The van der Waals surface area contributed by atoms with E-state index >= 15 is 0 Å². The van der Waals surface area contributed by atoms with Crippen LogP contribution in [0.3, 0.4) is 0 Å². The summed E-state index contributed by atoms with van der Waals surface area (Å²) in [6.07, 6.45) is 6.50. The van der Waals surface area contributed by atoms with Crippen LogP contribution < -0.4 is 5.32 Å². The molecule has 108 valence electrons. The second kappa shape index (κ2) is 5.58. The molecule has 0 aliphatic carbocycles. The minimum atomic E-state index is -0.653. The first-order valence-corrected chi connectivity index (χ1v) is 7.02. The van der Waals surface area contributed by atoms with Crippen molar-refractivity contribution in [1.29, 1.82) is 0 Å². The summed E-state index contributed by atoms with van der Waals surface area (Å²) in [5.74, 6) is 0.175. The van der Waals surface area contributed by atoms with E-state index in [0.717, 1.165) is 34.9 Å². The van der Waals surface area contributed by atoms with Crippen molar-refractivity contribution in [3.63, 3.8) is 0 Å². The number of allylic oxidation sites excluding steroid dienone is 2. The van der Waals surface area contributed by atoms with E-state index in [2.05, 4.69) is 16.9 Å². The summed E-state index contributed by atoms with van der Waals surface area (Å²) in [5, 5.41) is 24.3. The van der Waals surface area contributed by atoms with Crippen molar-refractivity contribution in [1.82, 2.24) is 10.3 Å². The van der Waals surface area contributed by atoms with Gasteiger partial charge in [-0.2, -0.15) is 0 Å². The molecule has 2 heterocycles. The van der Waals surface area contributed by atoms with Gasteiger partial charge in [-0.1, -0.05) is 12.7 Å². The molecule has 2 unspecified atom stereocenters. The van der Waals surface area contributed by atoms with Crippen molar-refractivity contribution in [2.75, 3.05) is 0 Å². The molecule has 3 N–H and O–H groups in total. The molecule has 2 atom stereocenters. The Kier molecular flexibility index (Phi) is 3.62. The zero-order chi connectivity index (χ0) is 14.8. The number of phenolic OH excluding ortho intramolecular Hbond substituents is 1. The SMILES string of the molecule is C=CC1=CNC(C(O)c2ccnc3ccc(O)cc23)CC1. The van der Waals surface area contributed by atoms with Crippen LogP contribution >= 0.6 is 0 Å². The highest BCUT2D eigenvalue weighted by atomic mass is 16.3. The van der Waals surface area contributed by atoms with E-state index in [1.165, 1.54) is 0 Å². The Hall–Kier alpha value is -2.33. The molecular formula is C17H18N2O2. The number of phenols is 1. The summed E-state index contributed by atoms with van der Waals surface area (Å²) < 4.78 is 0. The predicted molar refractivity (Wildman–Crippen MR) is 82.8 cm³/mol. The van der Waals surface area contributed by atoms with Crippen molar-refractivity contribution in [3.8, 4) is 5.75 Å². The molecule has 0 fully saturated rings. The maximum atomic E-state index is 10.7. The van der Waals surface area contributed by atoms with Crippen LogP contribution in [0.4, 0.5) is 0 Å². The number of fused-ring (bicyclic) bond motifs is 1. The van der Waals surface area contributed by atoms with Crippen molar-refractivity contribution < 1.29 is 10.2 Å². The quantitative estimate of drug-likeness (QED) is 0.810. The topological polar surface area (TPSA) is 65.4 Å². The van der Waals surface area contributed by atoms with Crippen molar-refractivity contribution in [2.24, 2.45) is 0 Å². The maximum absolute atomic E-state index is 10.7. The van der Waals surface area contributed by atoms with E-state index in [4.69, 9.17) is 0 Å². The Labute approximate surface area is 123 Å². The molecule has 0 bridgehead atoms. The number of benzene rings is 1. The Balaban J connectivity index is 1.95. The first kappa shape index (κ1) is 13.6. The zero-order valence-electron chi connectivity index (χ0n) is 11.7. The summed E-state index contributed by atoms with van der Waals surface area (Å²) in [6, 6.07) is 6.76. The van der Waals surface area contributed by atoms with Gasteiger partial charge in [-0.3, -0.25) is 4.98 Å². The zero-order valence-corrected chi connectivity index (χ0v) is 11.7. The van der Waals surface area contributed by atoms with Gasteiger partial charge in [-0.25, -0.2) is 0 Å². The average molecular weight is 282 g/mol. The van der Waals surface area contributed by atoms with Crippen molar-refractivity contribution in [3.05, 3.63) is 60.5 Å². The van der Waals surface area contributed by atoms with Gasteiger partial charge in [0.2, 0.25) is 0 Å². The van der Waals surface area contributed by atoms with E-state index in [-0.39, 0.29) is 11.8 Å². The van der Waals surface area contributed by atoms with E-state index < -0.39 is 6.10 Å². The van der Waals surface area contributed by atoms with Crippen LogP contribution in [-0.4, -0.2) is 21.2 Å². The average Bonchev–Trinajstić information content (AvgIpc) is 2.53. The molecule has 0 radical (unpaired) electrons. The van der Waals surface area contributed by atoms with Crippen LogP contribution in [0.1, 0.15) is 24.5 Å². The first-order valence-electron chi connectivity index (χ1n) is 7.02. The molecule has 4 heteroatoms. The third-order valence-electron chi connectivity index (χ3n) is 3.95. The lowest BCUT2D eigenvalue weighted by Gasteiger charge is -2.28. The number of aromatic hydroxyl groups is 1. The molecular weight excluding hydrogens is 264 g/mol. The fourth-order valence-electron chi connectivity index (χ4n) is 2.73. The second-order valence-corrected chi connectivity index (χ2v) is 5.28. The monoisotopic (exact) mass is 282 g/mol. The lowest BCUT2D eigenvalue weighted by Crippen LogP contribution is -2.34. The van der Waals surface area contributed by atoms with Gasteiger partial charge in [0.1, 0.15) is 5.75 Å². The molecule has 0 saturated heterocycles.